The van der Waals surface area contributed by atoms with Gasteiger partial charge in [-0.3, -0.25) is 4.79 Å². The van der Waals surface area contributed by atoms with Gasteiger partial charge >= 0.3 is 5.97 Å². The number of aliphatic hydroxyl groups is 1. The number of hydrogen-bond donors (Lipinski definition) is 1. The molecule has 1 N–H and O–H groups in total. The van der Waals surface area contributed by atoms with Gasteiger partial charge in [0, 0.05) is 25.5 Å². The maximum Gasteiger partial charge on any atom is 0.338 e. The highest BCUT2D eigenvalue weighted by atomic mass is 16.8. The number of methoxy groups -OCH3 is 1. The Kier molecular flexibility index (Phi) is 3.38. The summed E-state index contributed by atoms with van der Waals surface area (Å²) in [5.41, 5.74) is 0.0988. The van der Waals surface area contributed by atoms with Crippen LogP contribution in [-0.4, -0.2) is 59.8 Å². The molecule has 6 aliphatic rings. The van der Waals surface area contributed by atoms with E-state index in [1.54, 1.807) is 6.92 Å². The monoisotopic (exact) mass is 440 g/mol. The van der Waals surface area contributed by atoms with E-state index in [1.165, 1.54) is 7.11 Å². The second-order valence-electron chi connectivity index (χ2n) is 9.85. The van der Waals surface area contributed by atoms with Crippen LogP contribution in [0.4, 0.5) is 0 Å². The van der Waals surface area contributed by atoms with Crippen LogP contribution in [0.25, 0.3) is 0 Å². The minimum atomic E-state index is -2.01. The van der Waals surface area contributed by atoms with Crippen molar-refractivity contribution < 1.29 is 38.4 Å². The third kappa shape index (κ3) is 1.88. The Morgan fingerprint density at radius 2 is 2.06 bits per heavy atom. The molecule has 0 aromatic heterocycles. The van der Waals surface area contributed by atoms with Crippen molar-refractivity contribution in [3.8, 4) is 0 Å². The van der Waals surface area contributed by atoms with E-state index in [0.29, 0.717) is 19.3 Å². The van der Waals surface area contributed by atoms with Crippen molar-refractivity contribution in [1.82, 2.24) is 0 Å². The Balaban J connectivity index is 1.50. The normalized spacial score (nSPS) is 45.5. The van der Waals surface area contributed by atoms with Crippen molar-refractivity contribution in [2.24, 2.45) is 0 Å². The van der Waals surface area contributed by atoms with Gasteiger partial charge in [0.1, 0.15) is 11.2 Å². The Labute approximate surface area is 184 Å². The minimum Gasteiger partial charge on any atom is -0.482 e. The number of ketones is 1. The number of ether oxygens (including phenoxy) is 5. The summed E-state index contributed by atoms with van der Waals surface area (Å²) in [6, 6.07) is 6.19. The number of cyclic esters (lactones) is 1. The fourth-order valence-corrected chi connectivity index (χ4v) is 6.96. The first-order valence-corrected chi connectivity index (χ1v) is 11.2. The maximum absolute atomic E-state index is 13.5. The number of carbonyl (C=O) groups is 2. The summed E-state index contributed by atoms with van der Waals surface area (Å²) in [6.45, 7) is 1.73. The molecular formula is C24H24O8. The predicted molar refractivity (Wildman–Crippen MR) is 106 cm³/mol. The van der Waals surface area contributed by atoms with Crippen LogP contribution in [0, 0.1) is 0 Å². The number of fused-ring (bicyclic) bond motifs is 1. The van der Waals surface area contributed by atoms with Crippen molar-refractivity contribution in [3.63, 3.8) is 0 Å². The SMILES string of the molecule is CO[C@H]1C(=O)OCCc2ccc3c(c2)[C@]24CCC[C@@]2(C3)OC2=C(C)C(=O)[C@]13O[C@H]3[C@]2(O)O4. The molecule has 3 aliphatic carbocycles. The summed E-state index contributed by atoms with van der Waals surface area (Å²) in [5, 5.41) is 12.0. The first-order chi connectivity index (χ1) is 15.3. The van der Waals surface area contributed by atoms with E-state index < -0.39 is 46.6 Å². The molecule has 5 bridgehead atoms. The second kappa shape index (κ2) is 5.62. The van der Waals surface area contributed by atoms with Crippen LogP contribution < -0.4 is 0 Å². The predicted octanol–water partition coefficient (Wildman–Crippen LogP) is 1.20. The molecule has 0 unspecified atom stereocenters. The van der Waals surface area contributed by atoms with E-state index >= 15 is 0 Å². The van der Waals surface area contributed by atoms with Gasteiger partial charge in [0.25, 0.3) is 5.79 Å². The van der Waals surface area contributed by atoms with Gasteiger partial charge in [-0.2, -0.15) is 0 Å². The molecule has 1 saturated carbocycles. The Morgan fingerprint density at radius 1 is 1.22 bits per heavy atom. The lowest BCUT2D eigenvalue weighted by atomic mass is 9.76. The Morgan fingerprint density at radius 3 is 2.88 bits per heavy atom. The third-order valence-corrected chi connectivity index (χ3v) is 8.39. The zero-order valence-corrected chi connectivity index (χ0v) is 17.9. The van der Waals surface area contributed by atoms with Gasteiger partial charge in [0.05, 0.1) is 6.61 Å². The van der Waals surface area contributed by atoms with Crippen molar-refractivity contribution in [2.45, 2.75) is 73.8 Å². The van der Waals surface area contributed by atoms with E-state index in [0.717, 1.165) is 29.5 Å². The van der Waals surface area contributed by atoms with Gasteiger partial charge in [-0.1, -0.05) is 18.2 Å². The Bertz CT molecular complexity index is 1140. The van der Waals surface area contributed by atoms with Gasteiger partial charge in [0.15, 0.2) is 29.4 Å². The van der Waals surface area contributed by atoms with Crippen LogP contribution in [0.1, 0.15) is 42.9 Å². The van der Waals surface area contributed by atoms with Crippen molar-refractivity contribution in [3.05, 3.63) is 46.2 Å². The lowest BCUT2D eigenvalue weighted by molar-refractivity contribution is -0.354. The van der Waals surface area contributed by atoms with E-state index in [-0.39, 0.29) is 17.9 Å². The molecule has 1 aromatic rings. The summed E-state index contributed by atoms with van der Waals surface area (Å²) >= 11 is 0. The number of benzene rings is 1. The first kappa shape index (κ1) is 19.2. The van der Waals surface area contributed by atoms with Gasteiger partial charge in [0.2, 0.25) is 0 Å². The molecule has 6 atom stereocenters. The van der Waals surface area contributed by atoms with Crippen LogP contribution in [0.5, 0.6) is 0 Å². The zero-order valence-electron chi connectivity index (χ0n) is 17.9. The quantitative estimate of drug-likeness (QED) is 0.513. The van der Waals surface area contributed by atoms with Crippen LogP contribution >= 0.6 is 0 Å². The molecule has 8 heteroatoms. The topological polar surface area (TPSA) is 104 Å². The smallest absolute Gasteiger partial charge is 0.338 e. The first-order valence-electron chi connectivity index (χ1n) is 11.2. The van der Waals surface area contributed by atoms with Crippen molar-refractivity contribution in [1.29, 1.82) is 0 Å². The van der Waals surface area contributed by atoms with Crippen LogP contribution in [0.2, 0.25) is 0 Å². The van der Waals surface area contributed by atoms with Gasteiger partial charge in [-0.25, -0.2) is 4.79 Å². The standard InChI is InChI=1S/C24H24O8/c1-12-16(25)23-18(28-2)19(26)29-9-6-13-4-5-14-11-21-7-3-8-22(21,15(14)10-13)32-24(27,17(12)30-21)20(23)31-23/h4-5,10,18,20,27H,3,6-9,11H2,1-2H3/t18-,20+,21-,22+,23-,24+/m0/s1. The summed E-state index contributed by atoms with van der Waals surface area (Å²) < 4.78 is 30.1. The lowest BCUT2D eigenvalue weighted by Crippen LogP contribution is -2.66. The van der Waals surface area contributed by atoms with Crippen molar-refractivity contribution in [2.75, 3.05) is 13.7 Å². The molecule has 1 aromatic carbocycles. The number of esters is 1. The maximum atomic E-state index is 13.5. The molecule has 32 heavy (non-hydrogen) atoms. The van der Waals surface area contributed by atoms with Crippen LogP contribution in [0.3, 0.4) is 0 Å². The number of hydrogen-bond acceptors (Lipinski definition) is 8. The molecule has 2 saturated heterocycles. The van der Waals surface area contributed by atoms with Gasteiger partial charge < -0.3 is 28.8 Å². The summed E-state index contributed by atoms with van der Waals surface area (Å²) in [5.74, 6) is -3.05. The Hall–Kier alpha value is -2.26. The second-order valence-corrected chi connectivity index (χ2v) is 9.85. The average molecular weight is 440 g/mol. The van der Waals surface area contributed by atoms with Gasteiger partial charge in [-0.05, 0) is 42.9 Å². The fraction of sp³-hybridized carbons (Fsp3) is 0.583. The van der Waals surface area contributed by atoms with E-state index in [4.69, 9.17) is 23.7 Å². The highest BCUT2D eigenvalue weighted by molar-refractivity contribution is 6.09. The number of carbonyl (C=O) groups excluding carboxylic acids is 2. The molecule has 0 amide bonds. The lowest BCUT2D eigenvalue weighted by Gasteiger charge is -2.53. The largest absolute Gasteiger partial charge is 0.482 e. The van der Waals surface area contributed by atoms with E-state index in [1.807, 2.05) is 6.07 Å². The summed E-state index contributed by atoms with van der Waals surface area (Å²) in [7, 11) is 1.33. The molecule has 3 aliphatic heterocycles. The zero-order chi connectivity index (χ0) is 22.1. The summed E-state index contributed by atoms with van der Waals surface area (Å²) in [6.07, 6.45) is 1.04. The van der Waals surface area contributed by atoms with E-state index in [9.17, 15) is 14.7 Å². The molecular weight excluding hydrogens is 416 g/mol. The highest BCUT2D eigenvalue weighted by Crippen LogP contribution is 2.68. The van der Waals surface area contributed by atoms with Crippen LogP contribution in [0.15, 0.2) is 29.5 Å². The molecule has 3 heterocycles. The molecule has 0 radical (unpaired) electrons. The van der Waals surface area contributed by atoms with Gasteiger partial charge in [-0.15, -0.1) is 0 Å². The summed E-state index contributed by atoms with van der Waals surface area (Å²) in [4.78, 5) is 26.4. The molecule has 7 rings (SSSR count). The molecule has 1 spiro atoms. The number of rotatable bonds is 1. The fourth-order valence-electron chi connectivity index (χ4n) is 6.96. The van der Waals surface area contributed by atoms with Crippen LogP contribution in [-0.2, 0) is 51.7 Å². The number of epoxide rings is 1. The number of Topliss-reactive ketones (excluding diaryl/α,β-unsaturated/α-hetero) is 1. The highest BCUT2D eigenvalue weighted by Gasteiger charge is 2.84. The minimum absolute atomic E-state index is 0.101. The molecule has 3 fully saturated rings. The van der Waals surface area contributed by atoms with E-state index in [2.05, 4.69) is 12.1 Å². The average Bonchev–Trinajstić information content (AvgIpc) is 3.34. The third-order valence-electron chi connectivity index (χ3n) is 8.39. The van der Waals surface area contributed by atoms with Crippen molar-refractivity contribution >= 4 is 11.8 Å². The molecule has 168 valence electrons. The molecule has 8 nitrogen and oxygen atoms in total.